The fourth-order valence-corrected chi connectivity index (χ4v) is 2.41. The third-order valence-electron chi connectivity index (χ3n) is 3.49. The molecule has 0 saturated heterocycles. The lowest BCUT2D eigenvalue weighted by Gasteiger charge is -2.33. The average molecular weight is 251 g/mol. The van der Waals surface area contributed by atoms with Crippen molar-refractivity contribution in [3.05, 3.63) is 18.2 Å². The van der Waals surface area contributed by atoms with E-state index in [2.05, 4.69) is 10.3 Å². The van der Waals surface area contributed by atoms with Gasteiger partial charge in [0.15, 0.2) is 5.82 Å². The molecule has 0 spiro atoms. The Labute approximate surface area is 105 Å². The molecule has 1 aliphatic rings. The molecule has 1 saturated carbocycles. The lowest BCUT2D eigenvalue weighted by Crippen LogP contribution is -2.55. The van der Waals surface area contributed by atoms with Crippen LogP contribution >= 0.6 is 0 Å². The number of nitrogens with zero attached hydrogens (tertiary/aromatic N) is 2. The number of carbonyl (C=O) groups excluding carboxylic acids is 1. The van der Waals surface area contributed by atoms with E-state index in [1.54, 1.807) is 17.8 Å². The van der Waals surface area contributed by atoms with E-state index in [-0.39, 0.29) is 5.82 Å². The largest absolute Gasteiger partial charge is 0.480 e. The number of hydrogen-bond acceptors (Lipinski definition) is 3. The maximum absolute atomic E-state index is 12.0. The summed E-state index contributed by atoms with van der Waals surface area (Å²) in [6.45, 7) is 0. The van der Waals surface area contributed by atoms with Crippen molar-refractivity contribution in [1.29, 1.82) is 0 Å². The molecular weight excluding hydrogens is 234 g/mol. The zero-order chi connectivity index (χ0) is 13.2. The van der Waals surface area contributed by atoms with Gasteiger partial charge in [-0.3, -0.25) is 4.79 Å². The highest BCUT2D eigenvalue weighted by Gasteiger charge is 2.41. The number of carbonyl (C=O) groups is 2. The van der Waals surface area contributed by atoms with Gasteiger partial charge in [0.1, 0.15) is 5.54 Å². The molecule has 6 heteroatoms. The summed E-state index contributed by atoms with van der Waals surface area (Å²) in [6, 6.07) is 0. The summed E-state index contributed by atoms with van der Waals surface area (Å²) >= 11 is 0. The van der Waals surface area contributed by atoms with Crippen molar-refractivity contribution in [2.24, 2.45) is 7.05 Å². The first-order valence-electron chi connectivity index (χ1n) is 6.08. The Morgan fingerprint density at radius 1 is 1.39 bits per heavy atom. The lowest BCUT2D eigenvalue weighted by molar-refractivity contribution is -0.145. The molecule has 1 aromatic rings. The van der Waals surface area contributed by atoms with E-state index in [0.29, 0.717) is 12.8 Å². The summed E-state index contributed by atoms with van der Waals surface area (Å²) < 4.78 is 1.58. The Hall–Kier alpha value is -1.85. The molecule has 2 rings (SSSR count). The Morgan fingerprint density at radius 2 is 2.06 bits per heavy atom. The van der Waals surface area contributed by atoms with Crippen molar-refractivity contribution in [1.82, 2.24) is 14.9 Å². The molecule has 0 atom stereocenters. The van der Waals surface area contributed by atoms with E-state index < -0.39 is 17.4 Å². The number of nitrogens with one attached hydrogen (secondary N) is 1. The van der Waals surface area contributed by atoms with Crippen LogP contribution in [-0.4, -0.2) is 32.1 Å². The second-order valence-corrected chi connectivity index (χ2v) is 4.76. The number of aryl methyl sites for hydroxylation is 1. The topological polar surface area (TPSA) is 84.2 Å². The van der Waals surface area contributed by atoms with Crippen LogP contribution in [0.2, 0.25) is 0 Å². The smallest absolute Gasteiger partial charge is 0.329 e. The van der Waals surface area contributed by atoms with Gasteiger partial charge in [0, 0.05) is 19.4 Å². The fourth-order valence-electron chi connectivity index (χ4n) is 2.41. The van der Waals surface area contributed by atoms with E-state index in [1.165, 1.54) is 6.20 Å². The number of rotatable bonds is 3. The van der Waals surface area contributed by atoms with Crippen molar-refractivity contribution in [2.75, 3.05) is 0 Å². The molecule has 1 aromatic heterocycles. The van der Waals surface area contributed by atoms with Crippen LogP contribution in [0, 0.1) is 0 Å². The van der Waals surface area contributed by atoms with Gasteiger partial charge < -0.3 is 15.0 Å². The predicted octanol–water partition coefficient (Wildman–Crippen LogP) is 0.937. The Bertz CT molecular complexity index is 461. The maximum Gasteiger partial charge on any atom is 0.329 e. The number of hydrogen-bond donors (Lipinski definition) is 2. The van der Waals surface area contributed by atoms with E-state index >= 15 is 0 Å². The monoisotopic (exact) mass is 251 g/mol. The fraction of sp³-hybridized carbons (Fsp3) is 0.583. The average Bonchev–Trinajstić information content (AvgIpc) is 2.76. The molecule has 1 aliphatic carbocycles. The Morgan fingerprint density at radius 3 is 2.56 bits per heavy atom. The molecule has 1 heterocycles. The van der Waals surface area contributed by atoms with Gasteiger partial charge in [-0.25, -0.2) is 9.78 Å². The highest BCUT2D eigenvalue weighted by atomic mass is 16.4. The second-order valence-electron chi connectivity index (χ2n) is 4.76. The normalized spacial score (nSPS) is 18.3. The van der Waals surface area contributed by atoms with Crippen LogP contribution in [0.1, 0.15) is 42.7 Å². The quantitative estimate of drug-likeness (QED) is 0.837. The number of carboxylic acids is 1. The van der Waals surface area contributed by atoms with Crippen LogP contribution in [0.15, 0.2) is 12.4 Å². The molecule has 6 nitrogen and oxygen atoms in total. The Balaban J connectivity index is 2.17. The van der Waals surface area contributed by atoms with Gasteiger partial charge in [-0.2, -0.15) is 0 Å². The summed E-state index contributed by atoms with van der Waals surface area (Å²) in [7, 11) is 1.70. The molecule has 18 heavy (non-hydrogen) atoms. The lowest BCUT2D eigenvalue weighted by atomic mass is 9.81. The van der Waals surface area contributed by atoms with E-state index in [4.69, 9.17) is 0 Å². The minimum Gasteiger partial charge on any atom is -0.480 e. The summed E-state index contributed by atoms with van der Waals surface area (Å²) in [5, 5.41) is 12.0. The number of imidazole rings is 1. The van der Waals surface area contributed by atoms with Crippen molar-refractivity contribution in [3.8, 4) is 0 Å². The predicted molar refractivity (Wildman–Crippen MR) is 64.1 cm³/mol. The first-order valence-corrected chi connectivity index (χ1v) is 6.08. The molecule has 2 N–H and O–H groups in total. The number of aliphatic carboxylic acids is 1. The molecular formula is C12H17N3O3. The first kappa shape index (κ1) is 12.6. The molecule has 1 amide bonds. The minimum atomic E-state index is -1.12. The van der Waals surface area contributed by atoms with Gasteiger partial charge in [0.25, 0.3) is 5.91 Å². The number of carboxylic acid groups (broad SMARTS) is 1. The molecule has 0 radical (unpaired) electrons. The van der Waals surface area contributed by atoms with Crippen LogP contribution in [0.25, 0.3) is 0 Å². The van der Waals surface area contributed by atoms with Gasteiger partial charge in [-0.15, -0.1) is 0 Å². The standard InChI is InChI=1S/C12H17N3O3/c1-15-8-7-13-9(15)10(16)14-12(11(17)18)5-3-2-4-6-12/h7-8H,2-6H2,1H3,(H,14,16)(H,17,18). The van der Waals surface area contributed by atoms with Gasteiger partial charge in [0.2, 0.25) is 0 Å². The van der Waals surface area contributed by atoms with E-state index in [0.717, 1.165) is 19.3 Å². The first-order chi connectivity index (χ1) is 8.55. The zero-order valence-corrected chi connectivity index (χ0v) is 10.3. The number of aromatic nitrogens is 2. The van der Waals surface area contributed by atoms with Gasteiger partial charge in [-0.1, -0.05) is 19.3 Å². The number of amides is 1. The van der Waals surface area contributed by atoms with Crippen LogP contribution in [0.4, 0.5) is 0 Å². The third kappa shape index (κ3) is 2.23. The summed E-state index contributed by atoms with van der Waals surface area (Å²) in [6.07, 6.45) is 6.82. The van der Waals surface area contributed by atoms with Crippen molar-refractivity contribution in [3.63, 3.8) is 0 Å². The van der Waals surface area contributed by atoms with Crippen molar-refractivity contribution in [2.45, 2.75) is 37.6 Å². The highest BCUT2D eigenvalue weighted by Crippen LogP contribution is 2.28. The van der Waals surface area contributed by atoms with Crippen LogP contribution in [0.3, 0.4) is 0 Å². The summed E-state index contributed by atoms with van der Waals surface area (Å²) in [4.78, 5) is 27.4. The van der Waals surface area contributed by atoms with E-state index in [9.17, 15) is 14.7 Å². The second kappa shape index (κ2) is 4.80. The van der Waals surface area contributed by atoms with Gasteiger partial charge in [0.05, 0.1) is 0 Å². The molecule has 1 fully saturated rings. The maximum atomic E-state index is 12.0. The minimum absolute atomic E-state index is 0.237. The molecule has 0 unspecified atom stereocenters. The van der Waals surface area contributed by atoms with E-state index in [1.807, 2.05) is 0 Å². The van der Waals surface area contributed by atoms with Crippen molar-refractivity contribution >= 4 is 11.9 Å². The molecule has 0 aliphatic heterocycles. The van der Waals surface area contributed by atoms with Crippen LogP contribution in [0.5, 0.6) is 0 Å². The van der Waals surface area contributed by atoms with Gasteiger partial charge in [-0.05, 0) is 12.8 Å². The van der Waals surface area contributed by atoms with Crippen molar-refractivity contribution < 1.29 is 14.7 Å². The molecule has 0 bridgehead atoms. The summed E-state index contributed by atoms with van der Waals surface area (Å²) in [5.74, 6) is -1.14. The summed E-state index contributed by atoms with van der Waals surface area (Å²) in [5.41, 5.74) is -1.12. The molecule has 0 aromatic carbocycles. The van der Waals surface area contributed by atoms with Crippen LogP contribution < -0.4 is 5.32 Å². The third-order valence-corrected chi connectivity index (χ3v) is 3.49. The molecule has 98 valence electrons. The Kier molecular flexibility index (Phi) is 3.36. The SMILES string of the molecule is Cn1ccnc1C(=O)NC1(C(=O)O)CCCCC1. The van der Waals surface area contributed by atoms with Crippen LogP contribution in [-0.2, 0) is 11.8 Å². The van der Waals surface area contributed by atoms with Gasteiger partial charge >= 0.3 is 5.97 Å². The highest BCUT2D eigenvalue weighted by molar-refractivity contribution is 5.95. The zero-order valence-electron chi connectivity index (χ0n) is 10.3.